The minimum absolute atomic E-state index is 0.184. The summed E-state index contributed by atoms with van der Waals surface area (Å²) in [5.41, 5.74) is 9.04. The van der Waals surface area contributed by atoms with Gasteiger partial charge in [-0.25, -0.2) is 10.4 Å². The van der Waals surface area contributed by atoms with Gasteiger partial charge in [0.1, 0.15) is 5.82 Å². The number of ether oxygens (including phenoxy) is 1. The van der Waals surface area contributed by atoms with Crippen LogP contribution in [0.4, 0.5) is 5.82 Å². The lowest BCUT2D eigenvalue weighted by atomic mass is 9.88. The Morgan fingerprint density at radius 1 is 1.62 bits per heavy atom. The van der Waals surface area contributed by atoms with Crippen LogP contribution < -0.4 is 17.0 Å². The van der Waals surface area contributed by atoms with Gasteiger partial charge in [-0.05, 0) is 19.4 Å². The second kappa shape index (κ2) is 5.25. The predicted molar refractivity (Wildman–Crippen MR) is 64.4 cm³/mol. The average Bonchev–Trinajstić information content (AvgIpc) is 2.32. The normalized spacial score (nSPS) is 16.8. The third-order valence-electron chi connectivity index (χ3n) is 3.13. The molecule has 1 rings (SSSR count). The van der Waals surface area contributed by atoms with E-state index in [1.165, 1.54) is 0 Å². The molecule has 0 amide bonds. The van der Waals surface area contributed by atoms with Gasteiger partial charge in [0.2, 0.25) is 0 Å². The molecular formula is C11H20N4O. The first-order valence-corrected chi connectivity index (χ1v) is 5.30. The summed E-state index contributed by atoms with van der Waals surface area (Å²) in [5, 5.41) is 0. The van der Waals surface area contributed by atoms with Gasteiger partial charge in [-0.15, -0.1) is 0 Å². The van der Waals surface area contributed by atoms with Crippen molar-refractivity contribution in [1.29, 1.82) is 0 Å². The lowest BCUT2D eigenvalue weighted by molar-refractivity contribution is -0.0299. The molecule has 0 aromatic carbocycles. The van der Waals surface area contributed by atoms with E-state index in [4.69, 9.17) is 16.3 Å². The number of hydrogen-bond donors (Lipinski definition) is 3. The quantitative estimate of drug-likeness (QED) is 0.513. The van der Waals surface area contributed by atoms with Crippen molar-refractivity contribution in [3.05, 3.63) is 23.9 Å². The summed E-state index contributed by atoms with van der Waals surface area (Å²) in [6.45, 7) is 4.03. The molecule has 0 fully saturated rings. The largest absolute Gasteiger partial charge is 0.383 e. The highest BCUT2D eigenvalue weighted by molar-refractivity contribution is 5.42. The molecule has 0 aliphatic carbocycles. The fraction of sp³-hybridized carbons (Fsp3) is 0.545. The first kappa shape index (κ1) is 12.9. The number of methoxy groups -OCH3 is 1. The Labute approximate surface area is 96.2 Å². The van der Waals surface area contributed by atoms with Crippen molar-refractivity contribution in [2.45, 2.75) is 31.9 Å². The van der Waals surface area contributed by atoms with Crippen LogP contribution >= 0.6 is 0 Å². The minimum Gasteiger partial charge on any atom is -0.383 e. The van der Waals surface area contributed by atoms with Crippen molar-refractivity contribution in [2.75, 3.05) is 12.8 Å². The third kappa shape index (κ3) is 2.32. The van der Waals surface area contributed by atoms with Gasteiger partial charge in [-0.2, -0.15) is 0 Å². The average molecular weight is 224 g/mol. The Hall–Kier alpha value is -1.17. The number of nitrogens with two attached hydrogens (primary N) is 2. The van der Waals surface area contributed by atoms with Crippen molar-refractivity contribution in [3.63, 3.8) is 0 Å². The van der Waals surface area contributed by atoms with Crippen LogP contribution in [0.15, 0.2) is 18.3 Å². The number of hydrogen-bond acceptors (Lipinski definition) is 5. The van der Waals surface area contributed by atoms with E-state index < -0.39 is 5.60 Å². The first-order chi connectivity index (χ1) is 7.59. The fourth-order valence-corrected chi connectivity index (χ4v) is 1.74. The lowest BCUT2D eigenvalue weighted by Crippen LogP contribution is -2.46. The van der Waals surface area contributed by atoms with E-state index in [1.807, 2.05) is 26.0 Å². The summed E-state index contributed by atoms with van der Waals surface area (Å²) in [7, 11) is 1.67. The van der Waals surface area contributed by atoms with Crippen LogP contribution in [0.25, 0.3) is 0 Å². The molecule has 0 bridgehead atoms. The fourth-order valence-electron chi connectivity index (χ4n) is 1.74. The van der Waals surface area contributed by atoms with Gasteiger partial charge in [0.25, 0.3) is 0 Å². The summed E-state index contributed by atoms with van der Waals surface area (Å²) in [6, 6.07) is 3.55. The summed E-state index contributed by atoms with van der Waals surface area (Å²) in [5.74, 6) is 6.07. The smallest absolute Gasteiger partial charge is 0.128 e. The molecule has 2 unspecified atom stereocenters. The van der Waals surface area contributed by atoms with Gasteiger partial charge in [0.05, 0.1) is 11.6 Å². The number of nitrogen functional groups attached to an aromatic ring is 1. The van der Waals surface area contributed by atoms with Gasteiger partial charge >= 0.3 is 0 Å². The maximum absolute atomic E-state index is 5.84. The molecule has 1 aromatic rings. The Bertz CT molecular complexity index is 339. The van der Waals surface area contributed by atoms with Crippen LogP contribution in [0.5, 0.6) is 0 Å². The van der Waals surface area contributed by atoms with Gasteiger partial charge < -0.3 is 10.5 Å². The monoisotopic (exact) mass is 224 g/mol. The summed E-state index contributed by atoms with van der Waals surface area (Å²) in [4.78, 5) is 4.06. The molecule has 5 nitrogen and oxygen atoms in total. The summed E-state index contributed by atoms with van der Waals surface area (Å²) in [6.07, 6.45) is 2.47. The van der Waals surface area contributed by atoms with E-state index in [-0.39, 0.29) is 6.04 Å². The summed E-state index contributed by atoms with van der Waals surface area (Å²) >= 11 is 0. The standard InChI is InChI=1S/C11H20N4O/c1-4-11(2,16-3)9(15-13)8-6-5-7-14-10(8)12/h5-7,9,15H,4,13H2,1-3H3,(H2,12,14). The van der Waals surface area contributed by atoms with Gasteiger partial charge in [-0.3, -0.25) is 5.84 Å². The molecule has 16 heavy (non-hydrogen) atoms. The molecule has 90 valence electrons. The number of hydrazine groups is 1. The number of aromatic nitrogens is 1. The number of nitrogens with one attached hydrogen (secondary N) is 1. The van der Waals surface area contributed by atoms with E-state index in [0.717, 1.165) is 12.0 Å². The van der Waals surface area contributed by atoms with Crippen LogP contribution in [-0.4, -0.2) is 17.7 Å². The summed E-state index contributed by atoms with van der Waals surface area (Å²) < 4.78 is 5.52. The van der Waals surface area contributed by atoms with Crippen molar-refractivity contribution >= 4 is 5.82 Å². The number of nitrogens with zero attached hydrogens (tertiary/aromatic N) is 1. The van der Waals surface area contributed by atoms with Crippen LogP contribution in [0.1, 0.15) is 31.9 Å². The molecular weight excluding hydrogens is 204 g/mol. The van der Waals surface area contributed by atoms with Crippen LogP contribution in [0.3, 0.4) is 0 Å². The Kier molecular flexibility index (Phi) is 4.23. The van der Waals surface area contributed by atoms with E-state index in [2.05, 4.69) is 10.4 Å². The molecule has 0 aliphatic heterocycles. The highest BCUT2D eigenvalue weighted by atomic mass is 16.5. The second-order valence-electron chi connectivity index (χ2n) is 3.95. The van der Waals surface area contributed by atoms with Gasteiger partial charge in [0, 0.05) is 18.9 Å². The molecule has 5 N–H and O–H groups in total. The molecule has 0 aliphatic rings. The van der Waals surface area contributed by atoms with E-state index in [1.54, 1.807) is 13.3 Å². The second-order valence-corrected chi connectivity index (χ2v) is 3.95. The highest BCUT2D eigenvalue weighted by Gasteiger charge is 2.34. The molecule has 5 heteroatoms. The van der Waals surface area contributed by atoms with Crippen LogP contribution in [-0.2, 0) is 4.74 Å². The molecule has 0 saturated carbocycles. The van der Waals surface area contributed by atoms with Crippen molar-refractivity contribution in [3.8, 4) is 0 Å². The van der Waals surface area contributed by atoms with E-state index in [9.17, 15) is 0 Å². The highest BCUT2D eigenvalue weighted by Crippen LogP contribution is 2.32. The van der Waals surface area contributed by atoms with Gasteiger partial charge in [0.15, 0.2) is 0 Å². The minimum atomic E-state index is -0.411. The first-order valence-electron chi connectivity index (χ1n) is 5.30. The van der Waals surface area contributed by atoms with Crippen molar-refractivity contribution < 1.29 is 4.74 Å². The Morgan fingerprint density at radius 2 is 2.31 bits per heavy atom. The topological polar surface area (TPSA) is 86.2 Å². The van der Waals surface area contributed by atoms with E-state index in [0.29, 0.717) is 5.82 Å². The molecule has 1 aromatic heterocycles. The number of rotatable bonds is 5. The van der Waals surface area contributed by atoms with Crippen molar-refractivity contribution in [2.24, 2.45) is 5.84 Å². The third-order valence-corrected chi connectivity index (χ3v) is 3.13. The number of anilines is 1. The maximum atomic E-state index is 5.84. The zero-order valence-electron chi connectivity index (χ0n) is 10.0. The van der Waals surface area contributed by atoms with Crippen LogP contribution in [0.2, 0.25) is 0 Å². The Balaban J connectivity index is 3.12. The molecule has 0 saturated heterocycles. The number of pyridine rings is 1. The predicted octanol–water partition coefficient (Wildman–Crippen LogP) is 0.983. The SMILES string of the molecule is CCC(C)(OC)C(NN)c1cccnc1N. The Morgan fingerprint density at radius 3 is 2.75 bits per heavy atom. The molecule has 0 spiro atoms. The van der Waals surface area contributed by atoms with Crippen LogP contribution in [0, 0.1) is 0 Å². The molecule has 0 radical (unpaired) electrons. The maximum Gasteiger partial charge on any atom is 0.128 e. The molecule has 1 heterocycles. The van der Waals surface area contributed by atoms with E-state index >= 15 is 0 Å². The van der Waals surface area contributed by atoms with Gasteiger partial charge in [-0.1, -0.05) is 13.0 Å². The zero-order chi connectivity index (χ0) is 12.2. The zero-order valence-corrected chi connectivity index (χ0v) is 10.0. The molecule has 2 atom stereocenters. The lowest BCUT2D eigenvalue weighted by Gasteiger charge is -2.35. The van der Waals surface area contributed by atoms with Crippen molar-refractivity contribution in [1.82, 2.24) is 10.4 Å².